The van der Waals surface area contributed by atoms with Crippen LogP contribution in [0, 0.1) is 5.41 Å². The first-order valence-corrected chi connectivity index (χ1v) is 7.41. The van der Waals surface area contributed by atoms with Gasteiger partial charge in [-0.05, 0) is 45.1 Å². The number of carbonyl (C=O) groups excluding carboxylic acids is 1. The third-order valence-corrected chi connectivity index (χ3v) is 4.29. The van der Waals surface area contributed by atoms with Gasteiger partial charge in [0.2, 0.25) is 0 Å². The van der Waals surface area contributed by atoms with E-state index in [1.165, 1.54) is 13.8 Å². The lowest BCUT2D eigenvalue weighted by atomic mass is 9.79. The molecule has 0 atom stereocenters. The molecule has 4 heteroatoms. The first-order chi connectivity index (χ1) is 9.88. The SMILES string of the molecule is CC(C)(C(=O)O)C(=O)OC1(c2ccccc2)CCCCC1. The van der Waals surface area contributed by atoms with E-state index < -0.39 is 23.0 Å². The predicted octanol–water partition coefficient (Wildman–Crippen LogP) is 3.50. The number of rotatable bonds is 4. The monoisotopic (exact) mass is 290 g/mol. The van der Waals surface area contributed by atoms with Crippen LogP contribution in [0.4, 0.5) is 0 Å². The summed E-state index contributed by atoms with van der Waals surface area (Å²) >= 11 is 0. The Labute approximate surface area is 125 Å². The molecule has 2 rings (SSSR count). The molecule has 1 aliphatic rings. The fraction of sp³-hybridized carbons (Fsp3) is 0.529. The summed E-state index contributed by atoms with van der Waals surface area (Å²) < 4.78 is 5.77. The molecule has 0 amide bonds. The van der Waals surface area contributed by atoms with Crippen molar-refractivity contribution in [3.63, 3.8) is 0 Å². The van der Waals surface area contributed by atoms with Crippen molar-refractivity contribution in [2.75, 3.05) is 0 Å². The first-order valence-electron chi connectivity index (χ1n) is 7.41. The van der Waals surface area contributed by atoms with Gasteiger partial charge < -0.3 is 9.84 Å². The number of carboxylic acid groups (broad SMARTS) is 1. The number of benzene rings is 1. The van der Waals surface area contributed by atoms with Gasteiger partial charge in [0, 0.05) is 0 Å². The zero-order valence-electron chi connectivity index (χ0n) is 12.6. The molecule has 0 bridgehead atoms. The fourth-order valence-electron chi connectivity index (χ4n) is 2.71. The number of ether oxygens (including phenoxy) is 1. The van der Waals surface area contributed by atoms with Crippen LogP contribution in [0.1, 0.15) is 51.5 Å². The van der Waals surface area contributed by atoms with Gasteiger partial charge in [0.15, 0.2) is 5.41 Å². The molecule has 1 aromatic carbocycles. The molecule has 1 fully saturated rings. The average molecular weight is 290 g/mol. The smallest absolute Gasteiger partial charge is 0.323 e. The second-order valence-corrected chi connectivity index (χ2v) is 6.24. The molecule has 0 heterocycles. The Morgan fingerprint density at radius 2 is 1.67 bits per heavy atom. The number of hydrogen-bond acceptors (Lipinski definition) is 3. The summed E-state index contributed by atoms with van der Waals surface area (Å²) in [5, 5.41) is 9.19. The highest BCUT2D eigenvalue weighted by molar-refractivity contribution is 5.98. The average Bonchev–Trinajstić information content (AvgIpc) is 2.49. The quantitative estimate of drug-likeness (QED) is 0.681. The van der Waals surface area contributed by atoms with E-state index in [1.54, 1.807) is 0 Å². The highest BCUT2D eigenvalue weighted by Crippen LogP contribution is 2.41. The maximum Gasteiger partial charge on any atom is 0.323 e. The Bertz CT molecular complexity index is 513. The van der Waals surface area contributed by atoms with Gasteiger partial charge in [-0.25, -0.2) is 0 Å². The molecule has 1 aliphatic carbocycles. The topological polar surface area (TPSA) is 63.6 Å². The number of carboxylic acids is 1. The standard InChI is InChI=1S/C17H22O4/c1-16(2,14(18)19)15(20)21-17(11-7-4-8-12-17)13-9-5-3-6-10-13/h3,5-6,9-10H,4,7-8,11-12H2,1-2H3,(H,18,19). The van der Waals surface area contributed by atoms with Gasteiger partial charge in [-0.15, -0.1) is 0 Å². The highest BCUT2D eigenvalue weighted by Gasteiger charge is 2.44. The van der Waals surface area contributed by atoms with E-state index in [4.69, 9.17) is 4.74 Å². The van der Waals surface area contributed by atoms with Crippen molar-refractivity contribution >= 4 is 11.9 Å². The van der Waals surface area contributed by atoms with E-state index >= 15 is 0 Å². The zero-order chi connectivity index (χ0) is 15.5. The van der Waals surface area contributed by atoms with E-state index in [-0.39, 0.29) is 0 Å². The van der Waals surface area contributed by atoms with Gasteiger partial charge in [0.25, 0.3) is 0 Å². The lowest BCUT2D eigenvalue weighted by molar-refractivity contribution is -0.182. The fourth-order valence-corrected chi connectivity index (χ4v) is 2.71. The van der Waals surface area contributed by atoms with Crippen LogP contribution in [0.5, 0.6) is 0 Å². The van der Waals surface area contributed by atoms with Crippen LogP contribution in [-0.2, 0) is 19.9 Å². The van der Waals surface area contributed by atoms with Crippen LogP contribution in [0.25, 0.3) is 0 Å². The number of esters is 1. The van der Waals surface area contributed by atoms with Crippen LogP contribution in [0.15, 0.2) is 30.3 Å². The maximum atomic E-state index is 12.3. The summed E-state index contributed by atoms with van der Waals surface area (Å²) in [5.41, 5.74) is -1.25. The minimum Gasteiger partial charge on any atom is -0.480 e. The Hall–Kier alpha value is -1.84. The summed E-state index contributed by atoms with van der Waals surface area (Å²) in [5.74, 6) is -1.83. The molecule has 21 heavy (non-hydrogen) atoms. The van der Waals surface area contributed by atoms with Crippen LogP contribution < -0.4 is 0 Å². The van der Waals surface area contributed by atoms with Crippen molar-refractivity contribution in [1.82, 2.24) is 0 Å². The van der Waals surface area contributed by atoms with Gasteiger partial charge in [-0.3, -0.25) is 9.59 Å². The highest BCUT2D eigenvalue weighted by atomic mass is 16.6. The second kappa shape index (κ2) is 5.88. The summed E-state index contributed by atoms with van der Waals surface area (Å²) in [6.45, 7) is 2.78. The molecule has 0 saturated heterocycles. The largest absolute Gasteiger partial charge is 0.480 e. The minimum absolute atomic E-state index is 0.666. The maximum absolute atomic E-state index is 12.3. The van der Waals surface area contributed by atoms with Crippen LogP contribution >= 0.6 is 0 Å². The van der Waals surface area contributed by atoms with Crippen molar-refractivity contribution < 1.29 is 19.4 Å². The van der Waals surface area contributed by atoms with Crippen LogP contribution in [0.3, 0.4) is 0 Å². The van der Waals surface area contributed by atoms with Crippen molar-refractivity contribution in [2.45, 2.75) is 51.6 Å². The molecule has 0 aromatic heterocycles. The van der Waals surface area contributed by atoms with Gasteiger partial charge in [-0.2, -0.15) is 0 Å². The Morgan fingerprint density at radius 3 is 2.19 bits per heavy atom. The van der Waals surface area contributed by atoms with Crippen molar-refractivity contribution in [3.8, 4) is 0 Å². The molecule has 0 unspecified atom stereocenters. The summed E-state index contributed by atoms with van der Waals surface area (Å²) in [6.07, 6.45) is 4.58. The zero-order valence-corrected chi connectivity index (χ0v) is 12.6. The lowest BCUT2D eigenvalue weighted by Crippen LogP contribution is -2.42. The van der Waals surface area contributed by atoms with Crippen LogP contribution in [0.2, 0.25) is 0 Å². The molecular weight excluding hydrogens is 268 g/mol. The summed E-state index contributed by atoms with van der Waals surface area (Å²) in [6, 6.07) is 9.66. The predicted molar refractivity (Wildman–Crippen MR) is 78.7 cm³/mol. The molecule has 4 nitrogen and oxygen atoms in total. The molecule has 0 radical (unpaired) electrons. The van der Waals surface area contributed by atoms with E-state index in [0.717, 1.165) is 37.7 Å². The normalized spacial score (nSPS) is 18.0. The van der Waals surface area contributed by atoms with Crippen molar-refractivity contribution in [3.05, 3.63) is 35.9 Å². The third-order valence-electron chi connectivity index (χ3n) is 4.29. The van der Waals surface area contributed by atoms with Crippen molar-refractivity contribution in [2.24, 2.45) is 5.41 Å². The van der Waals surface area contributed by atoms with Gasteiger partial charge in [-0.1, -0.05) is 36.8 Å². The third kappa shape index (κ3) is 3.09. The molecule has 0 aliphatic heterocycles. The Kier molecular flexibility index (Phi) is 4.35. The van der Waals surface area contributed by atoms with E-state index in [1.807, 2.05) is 30.3 Å². The molecule has 0 spiro atoms. The Morgan fingerprint density at radius 1 is 1.10 bits per heavy atom. The van der Waals surface area contributed by atoms with E-state index in [2.05, 4.69) is 0 Å². The molecule has 1 N–H and O–H groups in total. The van der Waals surface area contributed by atoms with E-state index in [9.17, 15) is 14.7 Å². The minimum atomic E-state index is -1.53. The van der Waals surface area contributed by atoms with Gasteiger partial charge in [0.1, 0.15) is 5.60 Å². The van der Waals surface area contributed by atoms with E-state index in [0.29, 0.717) is 0 Å². The molecule has 114 valence electrons. The van der Waals surface area contributed by atoms with Gasteiger partial charge >= 0.3 is 11.9 Å². The number of aliphatic carboxylic acids is 1. The molecule has 1 aromatic rings. The molecule has 1 saturated carbocycles. The summed E-state index contributed by atoms with van der Waals surface area (Å²) in [7, 11) is 0. The second-order valence-electron chi connectivity index (χ2n) is 6.24. The number of hydrogen-bond donors (Lipinski definition) is 1. The summed E-state index contributed by atoms with van der Waals surface area (Å²) in [4.78, 5) is 23.6. The Balaban J connectivity index is 2.30. The van der Waals surface area contributed by atoms with Crippen molar-refractivity contribution in [1.29, 1.82) is 0 Å². The lowest BCUT2D eigenvalue weighted by Gasteiger charge is -2.38. The number of carbonyl (C=O) groups is 2. The van der Waals surface area contributed by atoms with Crippen LogP contribution in [-0.4, -0.2) is 17.0 Å². The van der Waals surface area contributed by atoms with Gasteiger partial charge in [0.05, 0.1) is 0 Å². The first kappa shape index (κ1) is 15.5. The molecular formula is C17H22O4.